The first-order chi connectivity index (χ1) is 18.1. The second kappa shape index (κ2) is 11.7. The van der Waals surface area contributed by atoms with Gasteiger partial charge in [0.15, 0.2) is 0 Å². The summed E-state index contributed by atoms with van der Waals surface area (Å²) < 4.78 is 98.4. The van der Waals surface area contributed by atoms with Crippen LogP contribution in [0, 0.1) is 12.7 Å². The van der Waals surface area contributed by atoms with Gasteiger partial charge in [0.05, 0.1) is 23.8 Å². The Morgan fingerprint density at radius 3 is 2.21 bits per heavy atom. The molecule has 2 aromatic rings. The van der Waals surface area contributed by atoms with Crippen LogP contribution in [0.3, 0.4) is 0 Å². The van der Waals surface area contributed by atoms with Crippen LogP contribution < -0.4 is 5.32 Å². The number of likely N-dealkylation sites (tertiary alicyclic amines) is 1. The van der Waals surface area contributed by atoms with E-state index in [1.54, 1.807) is 13.8 Å². The molecule has 13 heteroatoms. The molecule has 214 valence electrons. The van der Waals surface area contributed by atoms with Crippen molar-refractivity contribution in [2.24, 2.45) is 0 Å². The number of alkyl carbamates (subject to hydrolysis) is 1. The predicted molar refractivity (Wildman–Crippen MR) is 127 cm³/mol. The highest BCUT2D eigenvalue weighted by molar-refractivity contribution is 5.75. The van der Waals surface area contributed by atoms with Crippen LogP contribution in [0.25, 0.3) is 0 Å². The lowest BCUT2D eigenvalue weighted by Gasteiger charge is -2.42. The van der Waals surface area contributed by atoms with Gasteiger partial charge in [0.25, 0.3) is 0 Å². The van der Waals surface area contributed by atoms with Gasteiger partial charge in [0, 0.05) is 26.2 Å². The van der Waals surface area contributed by atoms with Gasteiger partial charge in [-0.05, 0) is 73.7 Å². The topological polar surface area (TPSA) is 61.9 Å². The third-order valence-corrected chi connectivity index (χ3v) is 6.43. The SMILES string of the molecule is CCOC(=O)N[C@H]1CCN(C(=O)N(C)Cc2cc(C(F)(F)F)cc(C(F)(F)F)c2)[C@H](c2ccc(F)cc2C)C1. The number of piperidine rings is 1. The normalized spacial score (nSPS) is 18.1. The van der Waals surface area contributed by atoms with Crippen molar-refractivity contribution in [1.29, 1.82) is 0 Å². The molecule has 0 aliphatic carbocycles. The summed E-state index contributed by atoms with van der Waals surface area (Å²) in [5, 5.41) is 2.72. The van der Waals surface area contributed by atoms with E-state index in [2.05, 4.69) is 5.32 Å². The van der Waals surface area contributed by atoms with E-state index < -0.39 is 60.0 Å². The van der Waals surface area contributed by atoms with E-state index >= 15 is 0 Å². The smallest absolute Gasteiger partial charge is 0.416 e. The minimum atomic E-state index is -5.02. The Bertz CT molecular complexity index is 1170. The van der Waals surface area contributed by atoms with Crippen molar-refractivity contribution in [3.63, 3.8) is 0 Å². The second-order valence-electron chi connectivity index (χ2n) is 9.35. The number of urea groups is 1. The maximum Gasteiger partial charge on any atom is 0.416 e. The molecule has 0 spiro atoms. The van der Waals surface area contributed by atoms with Crippen LogP contribution in [-0.2, 0) is 23.6 Å². The Balaban J connectivity index is 1.89. The largest absolute Gasteiger partial charge is 0.450 e. The summed E-state index contributed by atoms with van der Waals surface area (Å²) >= 11 is 0. The molecule has 0 radical (unpaired) electrons. The molecule has 3 amide bonds. The van der Waals surface area contributed by atoms with Gasteiger partial charge in [0.2, 0.25) is 0 Å². The lowest BCUT2D eigenvalue weighted by atomic mass is 9.89. The molecule has 39 heavy (non-hydrogen) atoms. The number of nitrogens with zero attached hydrogens (tertiary/aromatic N) is 2. The molecule has 6 nitrogen and oxygen atoms in total. The van der Waals surface area contributed by atoms with Crippen LogP contribution in [0.5, 0.6) is 0 Å². The summed E-state index contributed by atoms with van der Waals surface area (Å²) in [6.07, 6.45) is -10.1. The number of alkyl halides is 6. The summed E-state index contributed by atoms with van der Waals surface area (Å²) in [5.41, 5.74) is -2.17. The summed E-state index contributed by atoms with van der Waals surface area (Å²) in [6, 6.07) is 3.49. The summed E-state index contributed by atoms with van der Waals surface area (Å²) in [7, 11) is 1.27. The van der Waals surface area contributed by atoms with Gasteiger partial charge in [-0.25, -0.2) is 14.0 Å². The molecular weight excluding hydrogens is 535 g/mol. The molecule has 1 aliphatic rings. The number of hydrogen-bond donors (Lipinski definition) is 1. The van der Waals surface area contributed by atoms with Crippen molar-refractivity contribution in [1.82, 2.24) is 15.1 Å². The molecule has 1 aliphatic heterocycles. The Labute approximate surface area is 220 Å². The van der Waals surface area contributed by atoms with E-state index in [-0.39, 0.29) is 31.2 Å². The highest BCUT2D eigenvalue weighted by Crippen LogP contribution is 2.37. The maximum atomic E-state index is 13.8. The lowest BCUT2D eigenvalue weighted by molar-refractivity contribution is -0.143. The third-order valence-electron chi connectivity index (χ3n) is 6.43. The average Bonchev–Trinajstić information content (AvgIpc) is 2.82. The third kappa shape index (κ3) is 7.54. The fourth-order valence-corrected chi connectivity index (χ4v) is 4.64. The first kappa shape index (κ1) is 30.0. The molecule has 3 rings (SSSR count). The summed E-state index contributed by atoms with van der Waals surface area (Å²) in [4.78, 5) is 27.9. The molecule has 0 aromatic heterocycles. The minimum Gasteiger partial charge on any atom is -0.450 e. The fourth-order valence-electron chi connectivity index (χ4n) is 4.64. The molecule has 2 atom stereocenters. The van der Waals surface area contributed by atoms with Crippen LogP contribution in [0.1, 0.15) is 53.6 Å². The average molecular weight is 564 g/mol. The van der Waals surface area contributed by atoms with Crippen molar-refractivity contribution in [3.8, 4) is 0 Å². The van der Waals surface area contributed by atoms with E-state index in [1.165, 1.54) is 30.1 Å². The number of hydrogen-bond acceptors (Lipinski definition) is 3. The predicted octanol–water partition coefficient (Wildman–Crippen LogP) is 6.68. The van der Waals surface area contributed by atoms with Crippen molar-refractivity contribution < 1.29 is 45.1 Å². The molecule has 2 aromatic carbocycles. The zero-order valence-corrected chi connectivity index (χ0v) is 21.4. The number of carbonyl (C=O) groups is 2. The standard InChI is InChI=1S/C26H28F7N3O3/c1-4-39-23(37)34-20-7-8-36(22(13-20)21-6-5-19(27)9-15(21)2)24(38)35(3)14-16-10-17(25(28,29)30)12-18(11-16)26(31,32)33/h5-6,9-12,20,22H,4,7-8,13-14H2,1-3H3,(H,34,37)/t20-,22-/m0/s1. The number of carbonyl (C=O) groups excluding carboxylic acids is 2. The second-order valence-corrected chi connectivity index (χ2v) is 9.35. The van der Waals surface area contributed by atoms with E-state index in [1.807, 2.05) is 0 Å². The number of ether oxygens (including phenoxy) is 1. The van der Waals surface area contributed by atoms with Crippen LogP contribution in [0.4, 0.5) is 40.3 Å². The lowest BCUT2D eigenvalue weighted by Crippen LogP contribution is -2.51. The number of rotatable bonds is 5. The van der Waals surface area contributed by atoms with Crippen LogP contribution >= 0.6 is 0 Å². The first-order valence-corrected chi connectivity index (χ1v) is 12.1. The zero-order valence-electron chi connectivity index (χ0n) is 21.4. The fraction of sp³-hybridized carbons (Fsp3) is 0.462. The van der Waals surface area contributed by atoms with Gasteiger partial charge in [0.1, 0.15) is 5.82 Å². The highest BCUT2D eigenvalue weighted by atomic mass is 19.4. The quantitative estimate of drug-likeness (QED) is 0.413. The van der Waals surface area contributed by atoms with E-state index in [0.29, 0.717) is 29.7 Å². The van der Waals surface area contributed by atoms with Gasteiger partial charge in [-0.1, -0.05) is 6.07 Å². The first-order valence-electron chi connectivity index (χ1n) is 12.1. The van der Waals surface area contributed by atoms with Crippen LogP contribution in [-0.4, -0.2) is 48.2 Å². The van der Waals surface area contributed by atoms with Gasteiger partial charge in [-0.2, -0.15) is 26.3 Å². The number of nitrogens with one attached hydrogen (secondary N) is 1. The van der Waals surface area contributed by atoms with Gasteiger partial charge >= 0.3 is 24.5 Å². The monoisotopic (exact) mass is 563 g/mol. The van der Waals surface area contributed by atoms with Crippen molar-refractivity contribution in [2.75, 3.05) is 20.2 Å². The van der Waals surface area contributed by atoms with Gasteiger partial charge < -0.3 is 19.9 Å². The van der Waals surface area contributed by atoms with E-state index in [0.717, 1.165) is 4.90 Å². The molecule has 1 heterocycles. The van der Waals surface area contributed by atoms with E-state index in [9.17, 15) is 40.3 Å². The Hall–Kier alpha value is -3.51. The maximum absolute atomic E-state index is 13.8. The van der Waals surface area contributed by atoms with Crippen molar-refractivity contribution in [3.05, 3.63) is 70.0 Å². The highest BCUT2D eigenvalue weighted by Gasteiger charge is 2.38. The molecule has 0 unspecified atom stereocenters. The number of amides is 3. The minimum absolute atomic E-state index is 0.0278. The van der Waals surface area contributed by atoms with Gasteiger partial charge in [-0.15, -0.1) is 0 Å². The Kier molecular flexibility index (Phi) is 9.01. The van der Waals surface area contributed by atoms with Crippen molar-refractivity contribution >= 4 is 12.1 Å². The zero-order chi connectivity index (χ0) is 29.1. The Morgan fingerprint density at radius 1 is 1.05 bits per heavy atom. The van der Waals surface area contributed by atoms with E-state index in [4.69, 9.17) is 4.74 Å². The Morgan fingerprint density at radius 2 is 1.67 bits per heavy atom. The number of aryl methyl sites for hydroxylation is 1. The van der Waals surface area contributed by atoms with Gasteiger partial charge in [-0.3, -0.25) is 0 Å². The summed E-state index contributed by atoms with van der Waals surface area (Å²) in [6.45, 7) is 3.03. The molecule has 1 fully saturated rings. The summed E-state index contributed by atoms with van der Waals surface area (Å²) in [5.74, 6) is -0.492. The molecule has 1 N–H and O–H groups in total. The molecular formula is C26H28F7N3O3. The molecule has 1 saturated heterocycles. The number of halogens is 7. The van der Waals surface area contributed by atoms with Crippen molar-refractivity contribution in [2.45, 2.75) is 57.7 Å². The molecule has 0 bridgehead atoms. The van der Waals surface area contributed by atoms with Crippen LogP contribution in [0.2, 0.25) is 0 Å². The molecule has 0 saturated carbocycles. The van der Waals surface area contributed by atoms with Crippen LogP contribution in [0.15, 0.2) is 36.4 Å². The number of benzene rings is 2.